The van der Waals surface area contributed by atoms with E-state index in [4.69, 9.17) is 28.5 Å². The summed E-state index contributed by atoms with van der Waals surface area (Å²) in [4.78, 5) is 4.10. The Bertz CT molecular complexity index is 633. The number of aryl methyl sites for hydroxylation is 1. The van der Waals surface area contributed by atoms with Gasteiger partial charge in [-0.3, -0.25) is 0 Å². The van der Waals surface area contributed by atoms with Gasteiger partial charge in [-0.25, -0.2) is 4.98 Å². The summed E-state index contributed by atoms with van der Waals surface area (Å²) < 4.78 is 0. The number of aromatic nitrogens is 1. The Balaban J connectivity index is 2.35. The molecule has 1 aromatic carbocycles. The summed E-state index contributed by atoms with van der Waals surface area (Å²) in [5, 5.41) is 12.9. The summed E-state index contributed by atoms with van der Waals surface area (Å²) in [5.74, 6) is 0.440. The standard InChI is InChI=1S/C13H9Cl2N3/c1-8-2-3-10(6-11(8)14)18-13-12(15)9(7-16)4-5-17-13/h2-6H,1H3,(H,17,18). The van der Waals surface area contributed by atoms with Crippen LogP contribution >= 0.6 is 23.2 Å². The molecule has 0 saturated carbocycles. The van der Waals surface area contributed by atoms with Crippen LogP contribution in [0.4, 0.5) is 11.5 Å². The van der Waals surface area contributed by atoms with Gasteiger partial charge in [-0.15, -0.1) is 0 Å². The van der Waals surface area contributed by atoms with E-state index in [1.807, 2.05) is 25.1 Å². The Morgan fingerprint density at radius 2 is 2.06 bits per heavy atom. The van der Waals surface area contributed by atoms with E-state index < -0.39 is 0 Å². The molecule has 1 aromatic heterocycles. The van der Waals surface area contributed by atoms with Crippen molar-refractivity contribution in [2.45, 2.75) is 6.92 Å². The van der Waals surface area contributed by atoms with Crippen molar-refractivity contribution in [3.05, 3.63) is 51.6 Å². The van der Waals surface area contributed by atoms with Gasteiger partial charge in [0.1, 0.15) is 11.1 Å². The van der Waals surface area contributed by atoms with Crippen LogP contribution in [-0.4, -0.2) is 4.98 Å². The van der Waals surface area contributed by atoms with Crippen LogP contribution in [0.2, 0.25) is 10.0 Å². The first kappa shape index (κ1) is 12.7. The SMILES string of the molecule is Cc1ccc(Nc2nccc(C#N)c2Cl)cc1Cl. The lowest BCUT2D eigenvalue weighted by Gasteiger charge is -2.09. The van der Waals surface area contributed by atoms with Crippen LogP contribution in [0.25, 0.3) is 0 Å². The lowest BCUT2D eigenvalue weighted by atomic mass is 10.2. The van der Waals surface area contributed by atoms with Crippen LogP contribution < -0.4 is 5.32 Å². The molecule has 18 heavy (non-hydrogen) atoms. The second-order valence-electron chi connectivity index (χ2n) is 3.72. The Morgan fingerprint density at radius 3 is 2.72 bits per heavy atom. The van der Waals surface area contributed by atoms with Gasteiger partial charge in [-0.2, -0.15) is 5.26 Å². The molecule has 0 aliphatic heterocycles. The topological polar surface area (TPSA) is 48.7 Å². The second-order valence-corrected chi connectivity index (χ2v) is 4.51. The number of nitrogens with one attached hydrogen (secondary N) is 1. The first-order valence-corrected chi connectivity index (χ1v) is 5.95. The van der Waals surface area contributed by atoms with E-state index in [1.165, 1.54) is 6.20 Å². The average molecular weight is 278 g/mol. The predicted molar refractivity (Wildman–Crippen MR) is 73.4 cm³/mol. The molecular formula is C13H9Cl2N3. The third-order valence-electron chi connectivity index (χ3n) is 2.44. The zero-order chi connectivity index (χ0) is 13.1. The minimum atomic E-state index is 0.302. The third kappa shape index (κ3) is 2.56. The van der Waals surface area contributed by atoms with E-state index in [0.29, 0.717) is 21.4 Å². The Morgan fingerprint density at radius 1 is 1.28 bits per heavy atom. The Hall–Kier alpha value is -1.76. The van der Waals surface area contributed by atoms with Crippen molar-refractivity contribution in [3.63, 3.8) is 0 Å². The highest BCUT2D eigenvalue weighted by Crippen LogP contribution is 2.28. The molecule has 0 spiro atoms. The molecule has 0 saturated heterocycles. The fraction of sp³-hybridized carbons (Fsp3) is 0.0769. The number of benzene rings is 1. The maximum atomic E-state index is 8.88. The van der Waals surface area contributed by atoms with Crippen molar-refractivity contribution in [3.8, 4) is 6.07 Å². The molecule has 0 aliphatic rings. The van der Waals surface area contributed by atoms with E-state index in [9.17, 15) is 0 Å². The maximum Gasteiger partial charge on any atom is 0.150 e. The maximum absolute atomic E-state index is 8.88. The molecule has 90 valence electrons. The molecule has 2 aromatic rings. The summed E-state index contributed by atoms with van der Waals surface area (Å²) in [6, 6.07) is 9.12. The normalized spacial score (nSPS) is 9.89. The van der Waals surface area contributed by atoms with Crippen LogP contribution in [-0.2, 0) is 0 Å². The van der Waals surface area contributed by atoms with E-state index in [1.54, 1.807) is 12.1 Å². The summed E-state index contributed by atoms with van der Waals surface area (Å²) in [6.07, 6.45) is 1.53. The number of pyridine rings is 1. The molecule has 0 bridgehead atoms. The van der Waals surface area contributed by atoms with Gasteiger partial charge in [0.05, 0.1) is 5.56 Å². The fourth-order valence-electron chi connectivity index (χ4n) is 1.42. The number of nitrogens with zero attached hydrogens (tertiary/aromatic N) is 2. The number of nitriles is 1. The summed E-state index contributed by atoms with van der Waals surface area (Å²) in [5.41, 5.74) is 2.15. The molecule has 1 heterocycles. The first-order valence-electron chi connectivity index (χ1n) is 5.19. The van der Waals surface area contributed by atoms with Crippen LogP contribution in [0.5, 0.6) is 0 Å². The molecular weight excluding hydrogens is 269 g/mol. The van der Waals surface area contributed by atoms with Crippen molar-refractivity contribution in [2.75, 3.05) is 5.32 Å². The molecule has 0 amide bonds. The largest absolute Gasteiger partial charge is 0.339 e. The lowest BCUT2D eigenvalue weighted by molar-refractivity contribution is 1.29. The number of anilines is 2. The summed E-state index contributed by atoms with van der Waals surface area (Å²) in [6.45, 7) is 1.92. The van der Waals surface area contributed by atoms with E-state index in [-0.39, 0.29) is 0 Å². The highest BCUT2D eigenvalue weighted by Gasteiger charge is 2.07. The van der Waals surface area contributed by atoms with E-state index in [0.717, 1.165) is 11.3 Å². The van der Waals surface area contributed by atoms with Gasteiger partial charge in [-0.1, -0.05) is 29.3 Å². The van der Waals surface area contributed by atoms with Crippen molar-refractivity contribution >= 4 is 34.7 Å². The third-order valence-corrected chi connectivity index (χ3v) is 3.23. The van der Waals surface area contributed by atoms with E-state index >= 15 is 0 Å². The van der Waals surface area contributed by atoms with Gasteiger partial charge >= 0.3 is 0 Å². The molecule has 0 radical (unpaired) electrons. The first-order chi connectivity index (χ1) is 8.61. The van der Waals surface area contributed by atoms with Gasteiger partial charge in [0.25, 0.3) is 0 Å². The fourth-order valence-corrected chi connectivity index (χ4v) is 1.81. The van der Waals surface area contributed by atoms with Gasteiger partial charge < -0.3 is 5.32 Å². The van der Waals surface area contributed by atoms with Gasteiger partial charge in [0.15, 0.2) is 5.82 Å². The quantitative estimate of drug-likeness (QED) is 0.890. The van der Waals surface area contributed by atoms with Crippen LogP contribution in [0.1, 0.15) is 11.1 Å². The summed E-state index contributed by atoms with van der Waals surface area (Å²) >= 11 is 12.1. The van der Waals surface area contributed by atoms with E-state index in [2.05, 4.69) is 10.3 Å². The van der Waals surface area contributed by atoms with Crippen molar-refractivity contribution in [2.24, 2.45) is 0 Å². The van der Waals surface area contributed by atoms with Crippen molar-refractivity contribution in [1.82, 2.24) is 4.98 Å². The average Bonchev–Trinajstić information content (AvgIpc) is 2.36. The van der Waals surface area contributed by atoms with Gasteiger partial charge in [0.2, 0.25) is 0 Å². The molecule has 3 nitrogen and oxygen atoms in total. The molecule has 0 aliphatic carbocycles. The Kier molecular flexibility index (Phi) is 3.71. The molecule has 2 rings (SSSR count). The van der Waals surface area contributed by atoms with Gasteiger partial charge in [0, 0.05) is 16.9 Å². The highest BCUT2D eigenvalue weighted by atomic mass is 35.5. The minimum absolute atomic E-state index is 0.302. The molecule has 0 atom stereocenters. The second kappa shape index (κ2) is 5.26. The number of hydrogen-bond acceptors (Lipinski definition) is 3. The highest BCUT2D eigenvalue weighted by molar-refractivity contribution is 6.34. The molecule has 0 unspecified atom stereocenters. The smallest absolute Gasteiger partial charge is 0.150 e. The number of rotatable bonds is 2. The zero-order valence-electron chi connectivity index (χ0n) is 9.54. The number of hydrogen-bond donors (Lipinski definition) is 1. The van der Waals surface area contributed by atoms with Crippen LogP contribution in [0.3, 0.4) is 0 Å². The minimum Gasteiger partial charge on any atom is -0.339 e. The molecule has 5 heteroatoms. The predicted octanol–water partition coefficient (Wildman–Crippen LogP) is 4.31. The van der Waals surface area contributed by atoms with Crippen LogP contribution in [0.15, 0.2) is 30.5 Å². The van der Waals surface area contributed by atoms with Gasteiger partial charge in [-0.05, 0) is 30.7 Å². The zero-order valence-corrected chi connectivity index (χ0v) is 11.0. The molecule has 0 fully saturated rings. The lowest BCUT2D eigenvalue weighted by Crippen LogP contribution is -1.96. The monoisotopic (exact) mass is 277 g/mol. The number of halogens is 2. The molecule has 1 N–H and O–H groups in total. The van der Waals surface area contributed by atoms with Crippen LogP contribution in [0, 0.1) is 18.3 Å². The Labute approximate surface area is 115 Å². The summed E-state index contributed by atoms with van der Waals surface area (Å²) in [7, 11) is 0. The van der Waals surface area contributed by atoms with Crippen molar-refractivity contribution < 1.29 is 0 Å². The van der Waals surface area contributed by atoms with Crippen molar-refractivity contribution in [1.29, 1.82) is 5.26 Å².